The first kappa shape index (κ1) is 71.6. The first-order valence-corrected chi connectivity index (χ1v) is 43.4. The van der Waals surface area contributed by atoms with Crippen LogP contribution >= 0.6 is 0 Å². The van der Waals surface area contributed by atoms with Crippen molar-refractivity contribution >= 4 is 87.8 Å². The van der Waals surface area contributed by atoms with Gasteiger partial charge in [-0.3, -0.25) is 0 Å². The number of rotatable bonds is 10. The van der Waals surface area contributed by atoms with Crippen LogP contribution in [0.15, 0.2) is 370 Å². The Bertz CT molecular complexity index is 7860. The number of benzene rings is 16. The lowest BCUT2D eigenvalue weighted by atomic mass is 9.68. The molecule has 6 aromatic heterocycles. The molecule has 26 rings (SSSR count). The largest absolute Gasteiger partial charge is 0.456 e. The molecule has 2 fully saturated rings. The minimum Gasteiger partial charge on any atom is -0.456 e. The number of furan rings is 4. The van der Waals surface area contributed by atoms with Crippen molar-refractivity contribution in [3.05, 3.63) is 374 Å². The maximum absolute atomic E-state index is 6.52. The lowest BCUT2D eigenvalue weighted by Crippen LogP contribution is -2.27. The molecule has 4 aliphatic rings. The fraction of sp³-hybridized carbons (Fsp3) is 0.105. The smallest absolute Gasteiger partial charge is 0.167 e. The van der Waals surface area contributed by atoms with Gasteiger partial charge in [0.15, 0.2) is 34.9 Å². The molecular formula is C114H78N6O4. The Hall–Kier alpha value is -15.3. The minimum absolute atomic E-state index is 0.111. The molecule has 0 aliphatic heterocycles. The van der Waals surface area contributed by atoms with Gasteiger partial charge in [0.05, 0.1) is 11.1 Å². The highest BCUT2D eigenvalue weighted by atomic mass is 16.3. The van der Waals surface area contributed by atoms with Crippen molar-refractivity contribution in [1.29, 1.82) is 0 Å². The van der Waals surface area contributed by atoms with Crippen molar-refractivity contribution in [2.45, 2.75) is 75.0 Å². The molecule has 588 valence electrons. The van der Waals surface area contributed by atoms with E-state index < -0.39 is 0 Å². The third-order valence-corrected chi connectivity index (χ3v) is 27.1. The van der Waals surface area contributed by atoms with Gasteiger partial charge in [-0.15, -0.1) is 0 Å². The molecule has 0 atom stereocenters. The Kier molecular flexibility index (Phi) is 16.6. The number of hydrogen-bond acceptors (Lipinski definition) is 10. The van der Waals surface area contributed by atoms with E-state index in [0.29, 0.717) is 34.9 Å². The molecule has 16 aromatic carbocycles. The van der Waals surface area contributed by atoms with Crippen LogP contribution < -0.4 is 0 Å². The van der Waals surface area contributed by atoms with Crippen molar-refractivity contribution in [3.8, 4) is 135 Å². The van der Waals surface area contributed by atoms with E-state index in [1.165, 1.54) is 131 Å². The van der Waals surface area contributed by atoms with E-state index in [9.17, 15) is 0 Å². The second kappa shape index (κ2) is 28.7. The molecule has 6 heterocycles. The van der Waals surface area contributed by atoms with E-state index in [2.05, 4.69) is 243 Å². The summed E-state index contributed by atoms with van der Waals surface area (Å²) in [4.78, 5) is 31.1. The Morgan fingerprint density at radius 2 is 0.452 bits per heavy atom. The predicted octanol–water partition coefficient (Wildman–Crippen LogP) is 30.5. The summed E-state index contributed by atoms with van der Waals surface area (Å²) < 4.78 is 25.7. The molecule has 22 aromatic rings. The van der Waals surface area contributed by atoms with Gasteiger partial charge in [0, 0.05) is 76.2 Å². The molecule has 4 aliphatic carbocycles. The van der Waals surface area contributed by atoms with E-state index in [0.717, 1.165) is 143 Å². The number of hydrogen-bond donors (Lipinski definition) is 0. The lowest BCUT2D eigenvalue weighted by molar-refractivity contribution is 0.353. The van der Waals surface area contributed by atoms with Crippen LogP contribution in [0.1, 0.15) is 86.5 Å². The Balaban J connectivity index is 0.000000136. The Labute approximate surface area is 714 Å². The van der Waals surface area contributed by atoms with Crippen LogP contribution in [-0.4, -0.2) is 29.9 Å². The highest BCUT2D eigenvalue weighted by Crippen LogP contribution is 2.60. The number of fused-ring (bicyclic) bond motifs is 22. The normalized spacial score (nSPS) is 14.3. The highest BCUT2D eigenvalue weighted by Gasteiger charge is 2.46. The second-order valence-corrected chi connectivity index (χ2v) is 33.9. The summed E-state index contributed by atoms with van der Waals surface area (Å²) in [5.41, 5.74) is 32.9. The van der Waals surface area contributed by atoms with E-state index in [1.54, 1.807) is 0 Å². The van der Waals surface area contributed by atoms with Gasteiger partial charge in [0.1, 0.15) is 44.7 Å². The molecule has 0 unspecified atom stereocenters. The summed E-state index contributed by atoms with van der Waals surface area (Å²) in [5, 5.41) is 8.43. The maximum atomic E-state index is 6.52. The summed E-state index contributed by atoms with van der Waals surface area (Å²) >= 11 is 0. The van der Waals surface area contributed by atoms with Crippen LogP contribution in [0.2, 0.25) is 0 Å². The molecule has 0 bridgehead atoms. The molecule has 0 radical (unpaired) electrons. The molecule has 10 heteroatoms. The van der Waals surface area contributed by atoms with Crippen LogP contribution in [-0.2, 0) is 10.8 Å². The van der Waals surface area contributed by atoms with Crippen LogP contribution in [0.4, 0.5) is 0 Å². The van der Waals surface area contributed by atoms with Crippen LogP contribution in [0.25, 0.3) is 223 Å². The van der Waals surface area contributed by atoms with Gasteiger partial charge >= 0.3 is 0 Å². The van der Waals surface area contributed by atoms with Gasteiger partial charge in [0.2, 0.25) is 0 Å². The summed E-state index contributed by atoms with van der Waals surface area (Å²) in [6, 6.07) is 125. The summed E-state index contributed by atoms with van der Waals surface area (Å²) in [6.45, 7) is 0. The monoisotopic (exact) mass is 1590 g/mol. The highest BCUT2D eigenvalue weighted by molar-refractivity contribution is 6.12. The summed E-state index contributed by atoms with van der Waals surface area (Å²) in [6.07, 6.45) is 12.6. The van der Waals surface area contributed by atoms with Gasteiger partial charge < -0.3 is 17.7 Å². The van der Waals surface area contributed by atoms with Crippen molar-refractivity contribution in [3.63, 3.8) is 0 Å². The summed E-state index contributed by atoms with van der Waals surface area (Å²) in [5.74, 6) is 3.36. The molecular weight excluding hydrogens is 1520 g/mol. The van der Waals surface area contributed by atoms with E-state index in [-0.39, 0.29) is 10.8 Å². The van der Waals surface area contributed by atoms with Crippen molar-refractivity contribution < 1.29 is 17.7 Å². The topological polar surface area (TPSA) is 130 Å². The third kappa shape index (κ3) is 11.6. The van der Waals surface area contributed by atoms with Crippen molar-refractivity contribution in [2.24, 2.45) is 0 Å². The molecule has 0 amide bonds. The Morgan fingerprint density at radius 3 is 0.871 bits per heavy atom. The van der Waals surface area contributed by atoms with E-state index in [1.807, 2.05) is 109 Å². The minimum atomic E-state index is 0.111. The van der Waals surface area contributed by atoms with E-state index >= 15 is 0 Å². The molecule has 124 heavy (non-hydrogen) atoms. The third-order valence-electron chi connectivity index (χ3n) is 27.1. The van der Waals surface area contributed by atoms with E-state index in [4.69, 9.17) is 47.6 Å². The molecule has 0 N–H and O–H groups in total. The zero-order chi connectivity index (χ0) is 81.6. The van der Waals surface area contributed by atoms with Crippen molar-refractivity contribution in [2.75, 3.05) is 0 Å². The molecule has 2 spiro atoms. The quantitative estimate of drug-likeness (QED) is 0.130. The van der Waals surface area contributed by atoms with Crippen LogP contribution in [0.3, 0.4) is 0 Å². The zero-order valence-electron chi connectivity index (χ0n) is 67.9. The fourth-order valence-electron chi connectivity index (χ4n) is 21.4. The average molecular weight is 1600 g/mol. The zero-order valence-corrected chi connectivity index (χ0v) is 67.9. The van der Waals surface area contributed by atoms with Gasteiger partial charge in [0.25, 0.3) is 0 Å². The predicted molar refractivity (Wildman–Crippen MR) is 502 cm³/mol. The first-order valence-electron chi connectivity index (χ1n) is 43.4. The maximum Gasteiger partial charge on any atom is 0.167 e. The van der Waals surface area contributed by atoms with Gasteiger partial charge in [-0.05, 0) is 200 Å². The van der Waals surface area contributed by atoms with Crippen LogP contribution in [0, 0.1) is 0 Å². The number of para-hydroxylation sites is 6. The second-order valence-electron chi connectivity index (χ2n) is 33.9. The molecule has 2 saturated carbocycles. The number of aromatic nitrogens is 6. The standard InChI is InChI=1S/2C57H39N3O2/c1-8-31-57(32-9-1)47-27-5-2-21-44(47)51-39(22-14-28-48(51)57)37-17-10-15-35(33-37)36-16-11-18-38(34-36)54-58-55(45-25-12-23-42-40-19-3-6-29-49(40)61-52(42)45)60-56(59-54)46-26-13-24-43-41-20-4-7-30-50(41)62-53(43)46;1-8-29-57(30-9-1)47-21-5-2-19-46(47)53-41(20-12-22-48(53)57)37-15-10-13-35(31-37)36-14-11-16-38(32-36)54-58-55(39-25-27-44-42-17-3-6-23-49(42)61-51(44)33-39)60-56(59-54)40-26-28-45-43-18-4-7-24-50(43)62-52(45)34-40/h2-7,10-30,33-34H,1,8-9,31-32H2;2-7,10-28,31-34H,1,8-9,29-30H2. The fourth-order valence-corrected chi connectivity index (χ4v) is 21.4. The molecule has 0 saturated heterocycles. The number of nitrogens with zero attached hydrogens (tertiary/aromatic N) is 6. The van der Waals surface area contributed by atoms with Crippen molar-refractivity contribution in [1.82, 2.24) is 29.9 Å². The van der Waals surface area contributed by atoms with Crippen LogP contribution in [0.5, 0.6) is 0 Å². The Morgan fingerprint density at radius 1 is 0.177 bits per heavy atom. The lowest BCUT2D eigenvalue weighted by Gasteiger charge is -2.36. The van der Waals surface area contributed by atoms with Gasteiger partial charge in [-0.1, -0.05) is 305 Å². The van der Waals surface area contributed by atoms with Gasteiger partial charge in [-0.2, -0.15) is 0 Å². The average Bonchev–Trinajstić information content (AvgIpc) is 1.55. The first-order chi connectivity index (χ1) is 61.4. The van der Waals surface area contributed by atoms with Gasteiger partial charge in [-0.25, -0.2) is 29.9 Å². The molecule has 10 nitrogen and oxygen atoms in total. The SMILES string of the molecule is c1cc(-c2cccc(-c3cccc4c3-c3ccccc3C43CCCCC3)c2)cc(-c2nc(-c3ccc4c(c3)oc3ccccc34)nc(-c3ccc4c(c3)oc3ccccc34)n2)c1.c1cc(-c2cccc(-c3cccc4c3-c3ccccc3C43CCCCC3)c2)cc(-c2nc(-c3cccc4c3oc3ccccc34)nc(-c3cccc4c3oc3ccccc34)n2)c1. The summed E-state index contributed by atoms with van der Waals surface area (Å²) in [7, 11) is 0.